The number of amides is 2. The molecule has 0 aliphatic heterocycles. The smallest absolute Gasteiger partial charge is 0.252 e. The highest BCUT2D eigenvalue weighted by Gasteiger charge is 2.21. The van der Waals surface area contributed by atoms with Crippen molar-refractivity contribution in [3.8, 4) is 17.2 Å². The van der Waals surface area contributed by atoms with E-state index in [1.54, 1.807) is 50.6 Å². The minimum Gasteiger partial charge on any atom is -0.497 e. The Hall–Kier alpha value is -3.07. The van der Waals surface area contributed by atoms with Gasteiger partial charge in [0.05, 0.1) is 32.0 Å². The maximum absolute atomic E-state index is 12.3. The van der Waals surface area contributed by atoms with Gasteiger partial charge in [-0.2, -0.15) is 5.10 Å². The van der Waals surface area contributed by atoms with Gasteiger partial charge in [0.25, 0.3) is 5.91 Å². The highest BCUT2D eigenvalue weighted by atomic mass is 79.9. The van der Waals surface area contributed by atoms with Crippen molar-refractivity contribution in [2.75, 3.05) is 26.6 Å². The number of nitrogens with zero attached hydrogens (tertiary/aromatic N) is 1. The Balaban J connectivity index is 1.98. The van der Waals surface area contributed by atoms with Crippen molar-refractivity contribution in [2.24, 2.45) is 11.0 Å². The molecule has 9 heteroatoms. The van der Waals surface area contributed by atoms with E-state index in [2.05, 4.69) is 31.8 Å². The van der Waals surface area contributed by atoms with Crippen LogP contribution in [0.5, 0.6) is 17.2 Å². The zero-order valence-electron chi connectivity index (χ0n) is 16.5. The van der Waals surface area contributed by atoms with Crippen molar-refractivity contribution in [3.63, 3.8) is 0 Å². The number of carbonyl (C=O) groups excluding carboxylic acids is 2. The first-order valence-corrected chi connectivity index (χ1v) is 9.38. The molecule has 2 aromatic rings. The van der Waals surface area contributed by atoms with Gasteiger partial charge in [-0.25, -0.2) is 5.43 Å². The lowest BCUT2D eigenvalue weighted by molar-refractivity contribution is -0.131. The quantitative estimate of drug-likeness (QED) is 0.355. The van der Waals surface area contributed by atoms with Gasteiger partial charge in [-0.15, -0.1) is 0 Å². The molecule has 2 amide bonds. The molecule has 1 atom stereocenters. The molecule has 2 aromatic carbocycles. The minimum atomic E-state index is -0.946. The molecule has 2 N–H and O–H groups in total. The molecule has 8 nitrogen and oxygen atoms in total. The van der Waals surface area contributed by atoms with Crippen molar-refractivity contribution in [3.05, 3.63) is 46.4 Å². The molecule has 0 bridgehead atoms. The number of halogens is 1. The molecule has 0 heterocycles. The summed E-state index contributed by atoms with van der Waals surface area (Å²) in [7, 11) is 4.62. The summed E-state index contributed by atoms with van der Waals surface area (Å²) in [5.74, 6) is -0.144. The summed E-state index contributed by atoms with van der Waals surface area (Å²) in [5, 5.41) is 6.59. The highest BCUT2D eigenvalue weighted by molar-refractivity contribution is 9.10. The molecule has 0 aliphatic rings. The Morgan fingerprint density at radius 1 is 1.00 bits per heavy atom. The van der Waals surface area contributed by atoms with Crippen LogP contribution in [0.3, 0.4) is 0 Å². The third-order valence-electron chi connectivity index (χ3n) is 4.03. The summed E-state index contributed by atoms with van der Waals surface area (Å²) in [4.78, 5) is 24.5. The van der Waals surface area contributed by atoms with Crippen molar-refractivity contribution in [1.29, 1.82) is 0 Å². The summed E-state index contributed by atoms with van der Waals surface area (Å²) in [6.07, 6.45) is 1.43. The molecule has 0 saturated heterocycles. The van der Waals surface area contributed by atoms with E-state index in [1.807, 2.05) is 0 Å². The second-order valence-corrected chi connectivity index (χ2v) is 6.76. The van der Waals surface area contributed by atoms with Gasteiger partial charge in [0.15, 0.2) is 0 Å². The summed E-state index contributed by atoms with van der Waals surface area (Å²) in [6, 6.07) is 10.2. The molecule has 0 aromatic heterocycles. The fraction of sp³-hybridized carbons (Fsp3) is 0.250. The summed E-state index contributed by atoms with van der Waals surface area (Å²) < 4.78 is 16.3. The zero-order valence-corrected chi connectivity index (χ0v) is 18.1. The number of nitrogens with one attached hydrogen (secondary N) is 2. The summed E-state index contributed by atoms with van der Waals surface area (Å²) in [6.45, 7) is 1.49. The number of methoxy groups -OCH3 is 3. The van der Waals surface area contributed by atoms with Gasteiger partial charge >= 0.3 is 0 Å². The average molecular weight is 464 g/mol. The van der Waals surface area contributed by atoms with E-state index >= 15 is 0 Å². The Bertz CT molecular complexity index is 900. The summed E-state index contributed by atoms with van der Waals surface area (Å²) in [5.41, 5.74) is 3.55. The topological polar surface area (TPSA) is 98.2 Å². The average Bonchev–Trinajstić information content (AvgIpc) is 2.73. The lowest BCUT2D eigenvalue weighted by Gasteiger charge is -2.11. The molecule has 1 unspecified atom stereocenters. The second-order valence-electron chi connectivity index (χ2n) is 5.90. The number of carbonyl (C=O) groups is 2. The van der Waals surface area contributed by atoms with E-state index in [4.69, 9.17) is 14.2 Å². The van der Waals surface area contributed by atoms with Crippen LogP contribution in [0, 0.1) is 5.92 Å². The van der Waals surface area contributed by atoms with Gasteiger partial charge in [-0.3, -0.25) is 9.59 Å². The SMILES string of the molecule is COc1ccc(NC(=O)C(C)C(=O)NN=Cc2cc(Br)c(OC)cc2OC)cc1. The maximum Gasteiger partial charge on any atom is 0.252 e. The second kappa shape index (κ2) is 10.5. The third-order valence-corrected chi connectivity index (χ3v) is 4.65. The van der Waals surface area contributed by atoms with Gasteiger partial charge in [-0.1, -0.05) is 0 Å². The number of hydrazone groups is 1. The molecule has 154 valence electrons. The standard InChI is InChI=1S/C20H22BrN3O5/c1-12(19(25)23-14-5-7-15(27-2)8-6-14)20(26)24-22-11-13-9-16(21)18(29-4)10-17(13)28-3/h5-12H,1-4H3,(H,23,25)(H,24,26). The van der Waals surface area contributed by atoms with Crippen molar-refractivity contribution in [2.45, 2.75) is 6.92 Å². The third kappa shape index (κ3) is 5.95. The van der Waals surface area contributed by atoms with Gasteiger partial charge in [-0.05, 0) is 53.2 Å². The number of anilines is 1. The Morgan fingerprint density at radius 2 is 1.66 bits per heavy atom. The number of hydrogen-bond acceptors (Lipinski definition) is 6. The number of rotatable bonds is 8. The molecular weight excluding hydrogens is 442 g/mol. The van der Waals surface area contributed by atoms with E-state index in [9.17, 15) is 9.59 Å². The van der Waals surface area contributed by atoms with Crippen LogP contribution in [0.2, 0.25) is 0 Å². The van der Waals surface area contributed by atoms with Crippen LogP contribution in [0.15, 0.2) is 46.0 Å². The van der Waals surface area contributed by atoms with E-state index < -0.39 is 17.7 Å². The number of ether oxygens (including phenoxy) is 3. The molecule has 0 spiro atoms. The molecule has 0 saturated carbocycles. The van der Waals surface area contributed by atoms with Gasteiger partial charge in [0.2, 0.25) is 5.91 Å². The van der Waals surface area contributed by atoms with Gasteiger partial charge in [0, 0.05) is 17.3 Å². The minimum absolute atomic E-state index is 0.451. The summed E-state index contributed by atoms with van der Waals surface area (Å²) >= 11 is 3.38. The van der Waals surface area contributed by atoms with E-state index in [0.29, 0.717) is 33.0 Å². The van der Waals surface area contributed by atoms with Crippen LogP contribution in [-0.2, 0) is 9.59 Å². The normalized spacial score (nSPS) is 11.6. The first kappa shape index (κ1) is 22.2. The lowest BCUT2D eigenvalue weighted by atomic mass is 10.1. The van der Waals surface area contributed by atoms with E-state index in [1.165, 1.54) is 20.2 Å². The number of hydrogen-bond donors (Lipinski definition) is 2. The van der Waals surface area contributed by atoms with Crippen LogP contribution in [0.1, 0.15) is 12.5 Å². The number of benzene rings is 2. The van der Waals surface area contributed by atoms with Crippen LogP contribution < -0.4 is 25.0 Å². The molecule has 0 aliphatic carbocycles. The van der Waals surface area contributed by atoms with Gasteiger partial charge < -0.3 is 19.5 Å². The molecule has 0 fully saturated rings. The monoisotopic (exact) mass is 463 g/mol. The van der Waals surface area contributed by atoms with Crippen LogP contribution in [0.25, 0.3) is 0 Å². The first-order chi connectivity index (χ1) is 13.9. The Kier molecular flexibility index (Phi) is 8.02. The Labute approximate surface area is 177 Å². The van der Waals surface area contributed by atoms with Crippen LogP contribution >= 0.6 is 15.9 Å². The van der Waals surface area contributed by atoms with Crippen molar-refractivity contribution in [1.82, 2.24) is 5.43 Å². The highest BCUT2D eigenvalue weighted by Crippen LogP contribution is 2.31. The molecule has 29 heavy (non-hydrogen) atoms. The van der Waals surface area contributed by atoms with Crippen LogP contribution in [0.4, 0.5) is 5.69 Å². The van der Waals surface area contributed by atoms with E-state index in [0.717, 1.165) is 0 Å². The lowest BCUT2D eigenvalue weighted by Crippen LogP contribution is -2.34. The zero-order chi connectivity index (χ0) is 21.4. The fourth-order valence-corrected chi connectivity index (χ4v) is 2.81. The fourth-order valence-electron chi connectivity index (χ4n) is 2.29. The van der Waals surface area contributed by atoms with E-state index in [-0.39, 0.29) is 0 Å². The first-order valence-electron chi connectivity index (χ1n) is 8.59. The predicted molar refractivity (Wildman–Crippen MR) is 114 cm³/mol. The maximum atomic E-state index is 12.3. The van der Waals surface area contributed by atoms with Crippen molar-refractivity contribution >= 4 is 39.6 Å². The van der Waals surface area contributed by atoms with Gasteiger partial charge in [0.1, 0.15) is 23.2 Å². The largest absolute Gasteiger partial charge is 0.497 e. The molecular formula is C20H22BrN3O5. The van der Waals surface area contributed by atoms with Crippen LogP contribution in [-0.4, -0.2) is 39.4 Å². The molecule has 0 radical (unpaired) electrons. The predicted octanol–water partition coefficient (Wildman–Crippen LogP) is 3.20. The van der Waals surface area contributed by atoms with Crippen molar-refractivity contribution < 1.29 is 23.8 Å². The Morgan fingerprint density at radius 3 is 2.24 bits per heavy atom. The molecule has 2 rings (SSSR count).